The summed E-state index contributed by atoms with van der Waals surface area (Å²) >= 11 is 0. The summed E-state index contributed by atoms with van der Waals surface area (Å²) in [6, 6.07) is -0.0491. The maximum Gasteiger partial charge on any atom is 0.334 e. The molecule has 1 fully saturated rings. The number of rotatable bonds is 7. The van der Waals surface area contributed by atoms with Gasteiger partial charge in [-0.15, -0.1) is 0 Å². The molecule has 1 aliphatic heterocycles. The molecule has 0 aromatic carbocycles. The van der Waals surface area contributed by atoms with Crippen LogP contribution in [0.5, 0.6) is 0 Å². The Hall–Kier alpha value is -1.18. The third kappa shape index (κ3) is 4.25. The van der Waals surface area contributed by atoms with Crippen LogP contribution in [0, 0.1) is 5.92 Å². The van der Waals surface area contributed by atoms with Crippen molar-refractivity contribution in [2.75, 3.05) is 26.3 Å². The van der Waals surface area contributed by atoms with Crippen molar-refractivity contribution < 1.29 is 24.5 Å². The highest BCUT2D eigenvalue weighted by Gasteiger charge is 2.33. The number of carboxylic acids is 1. The first-order valence-electron chi connectivity index (χ1n) is 6.06. The van der Waals surface area contributed by atoms with Crippen molar-refractivity contribution in [1.29, 1.82) is 0 Å². The number of carboxylic acid groups (broad SMARTS) is 1. The first-order chi connectivity index (χ1) is 8.56. The third-order valence-electron chi connectivity index (χ3n) is 2.83. The highest BCUT2D eigenvalue weighted by molar-refractivity contribution is 5.81. The Kier molecular flexibility index (Phi) is 6.03. The van der Waals surface area contributed by atoms with Crippen LogP contribution in [0.3, 0.4) is 0 Å². The molecule has 1 aliphatic rings. The van der Waals surface area contributed by atoms with Gasteiger partial charge in [-0.2, -0.15) is 0 Å². The van der Waals surface area contributed by atoms with Crippen molar-refractivity contribution in [3.05, 3.63) is 0 Å². The van der Waals surface area contributed by atoms with Crippen molar-refractivity contribution in [3.63, 3.8) is 0 Å². The fraction of sp³-hybridized carbons (Fsp3) is 0.818. The van der Waals surface area contributed by atoms with Gasteiger partial charge in [0.25, 0.3) is 0 Å². The summed E-state index contributed by atoms with van der Waals surface area (Å²) in [7, 11) is 0. The first-order valence-corrected chi connectivity index (χ1v) is 6.06. The van der Waals surface area contributed by atoms with Gasteiger partial charge in [-0.25, -0.2) is 4.79 Å². The van der Waals surface area contributed by atoms with E-state index >= 15 is 0 Å². The molecule has 18 heavy (non-hydrogen) atoms. The molecule has 7 heteroatoms. The molecule has 104 valence electrons. The summed E-state index contributed by atoms with van der Waals surface area (Å²) in [6.45, 7) is 3.33. The SMILES string of the molecule is CCCNC1COCC1C(=O)NCC(O)C(=O)O. The standard InChI is InChI=1S/C11H20N2O5/c1-2-3-12-8-6-18-5-7(8)10(15)13-4-9(14)11(16)17/h7-9,12,14H,2-6H2,1H3,(H,13,15)(H,16,17). The summed E-state index contributed by atoms with van der Waals surface area (Å²) in [6.07, 6.45) is -0.610. The van der Waals surface area contributed by atoms with Crippen molar-refractivity contribution in [1.82, 2.24) is 10.6 Å². The van der Waals surface area contributed by atoms with Crippen LogP contribution in [0.2, 0.25) is 0 Å². The van der Waals surface area contributed by atoms with Gasteiger partial charge in [-0.1, -0.05) is 6.92 Å². The average molecular weight is 260 g/mol. The molecule has 1 saturated heterocycles. The molecule has 0 saturated carbocycles. The zero-order valence-corrected chi connectivity index (χ0v) is 10.4. The molecule has 0 aromatic heterocycles. The minimum Gasteiger partial charge on any atom is -0.479 e. The predicted octanol–water partition coefficient (Wildman–Crippen LogP) is -1.44. The summed E-state index contributed by atoms with van der Waals surface area (Å²) < 4.78 is 5.24. The number of aliphatic hydroxyl groups is 1. The van der Waals surface area contributed by atoms with E-state index in [1.807, 2.05) is 6.92 Å². The lowest BCUT2D eigenvalue weighted by molar-refractivity contribution is -0.146. The maximum atomic E-state index is 11.8. The minimum absolute atomic E-state index is 0.0491. The molecule has 4 N–H and O–H groups in total. The maximum absolute atomic E-state index is 11.8. The second-order valence-corrected chi connectivity index (χ2v) is 4.30. The van der Waals surface area contributed by atoms with Crippen LogP contribution < -0.4 is 10.6 Å². The van der Waals surface area contributed by atoms with Crippen LogP contribution in [0.25, 0.3) is 0 Å². The quantitative estimate of drug-likeness (QED) is 0.446. The van der Waals surface area contributed by atoms with Crippen molar-refractivity contribution >= 4 is 11.9 Å². The van der Waals surface area contributed by atoms with Gasteiger partial charge in [-0.05, 0) is 13.0 Å². The number of nitrogens with one attached hydrogen (secondary N) is 2. The normalized spacial score (nSPS) is 24.8. The Morgan fingerprint density at radius 3 is 2.78 bits per heavy atom. The highest BCUT2D eigenvalue weighted by Crippen LogP contribution is 2.13. The van der Waals surface area contributed by atoms with E-state index in [-0.39, 0.29) is 24.4 Å². The number of hydrogen-bond donors (Lipinski definition) is 4. The Morgan fingerprint density at radius 1 is 1.44 bits per heavy atom. The fourth-order valence-corrected chi connectivity index (χ4v) is 1.76. The van der Waals surface area contributed by atoms with Crippen molar-refractivity contribution in [2.24, 2.45) is 5.92 Å². The molecule has 3 unspecified atom stereocenters. The van der Waals surface area contributed by atoms with Crippen LogP contribution in [-0.4, -0.2) is 60.5 Å². The Morgan fingerprint density at radius 2 is 2.17 bits per heavy atom. The largest absolute Gasteiger partial charge is 0.479 e. The lowest BCUT2D eigenvalue weighted by atomic mass is 10.0. The molecule has 0 spiro atoms. The average Bonchev–Trinajstić information content (AvgIpc) is 2.81. The number of carbonyl (C=O) groups is 2. The van der Waals surface area contributed by atoms with Crippen LogP contribution in [0.1, 0.15) is 13.3 Å². The van der Waals surface area contributed by atoms with Gasteiger partial charge in [0.2, 0.25) is 5.91 Å². The molecule has 0 aliphatic carbocycles. The van der Waals surface area contributed by atoms with E-state index in [0.29, 0.717) is 13.2 Å². The smallest absolute Gasteiger partial charge is 0.334 e. The summed E-state index contributed by atoms with van der Waals surface area (Å²) in [4.78, 5) is 22.2. The van der Waals surface area contributed by atoms with Crippen LogP contribution >= 0.6 is 0 Å². The zero-order valence-electron chi connectivity index (χ0n) is 10.4. The topological polar surface area (TPSA) is 108 Å². The molecule has 3 atom stereocenters. The second-order valence-electron chi connectivity index (χ2n) is 4.30. The van der Waals surface area contributed by atoms with Gasteiger partial charge in [0, 0.05) is 6.04 Å². The van der Waals surface area contributed by atoms with Gasteiger partial charge in [0.05, 0.1) is 25.7 Å². The lowest BCUT2D eigenvalue weighted by Gasteiger charge is -2.18. The molecular weight excluding hydrogens is 240 g/mol. The Labute approximate surface area is 106 Å². The third-order valence-corrected chi connectivity index (χ3v) is 2.83. The van der Waals surface area contributed by atoms with E-state index in [9.17, 15) is 9.59 Å². The molecule has 0 radical (unpaired) electrons. The van der Waals surface area contributed by atoms with Gasteiger partial charge in [0.15, 0.2) is 6.10 Å². The Balaban J connectivity index is 2.37. The predicted molar refractivity (Wildman–Crippen MR) is 63.0 cm³/mol. The van der Waals surface area contributed by atoms with E-state index in [4.69, 9.17) is 14.9 Å². The lowest BCUT2D eigenvalue weighted by Crippen LogP contribution is -2.46. The molecule has 0 aromatic rings. The Bertz CT molecular complexity index is 297. The van der Waals surface area contributed by atoms with Crippen molar-refractivity contribution in [2.45, 2.75) is 25.5 Å². The molecular formula is C11H20N2O5. The number of carbonyl (C=O) groups excluding carboxylic acids is 1. The number of amides is 1. The number of hydrogen-bond acceptors (Lipinski definition) is 5. The fourth-order valence-electron chi connectivity index (χ4n) is 1.76. The van der Waals surface area contributed by atoms with Crippen LogP contribution in [0.15, 0.2) is 0 Å². The van der Waals surface area contributed by atoms with Gasteiger partial charge >= 0.3 is 5.97 Å². The molecule has 1 heterocycles. The summed E-state index contributed by atoms with van der Waals surface area (Å²) in [5, 5.41) is 23.2. The molecule has 0 bridgehead atoms. The number of aliphatic carboxylic acids is 1. The van der Waals surface area contributed by atoms with Crippen LogP contribution in [-0.2, 0) is 14.3 Å². The zero-order chi connectivity index (χ0) is 13.5. The van der Waals surface area contributed by atoms with E-state index < -0.39 is 12.1 Å². The highest BCUT2D eigenvalue weighted by atomic mass is 16.5. The second kappa shape index (κ2) is 7.30. The monoisotopic (exact) mass is 260 g/mol. The number of aliphatic hydroxyl groups excluding tert-OH is 1. The van der Waals surface area contributed by atoms with Gasteiger partial charge < -0.3 is 25.6 Å². The van der Waals surface area contributed by atoms with E-state index in [0.717, 1.165) is 13.0 Å². The van der Waals surface area contributed by atoms with Gasteiger partial charge in [-0.3, -0.25) is 4.79 Å². The van der Waals surface area contributed by atoms with Gasteiger partial charge in [0.1, 0.15) is 0 Å². The minimum atomic E-state index is -1.57. The molecule has 7 nitrogen and oxygen atoms in total. The van der Waals surface area contributed by atoms with Crippen LogP contribution in [0.4, 0.5) is 0 Å². The summed E-state index contributed by atoms with van der Waals surface area (Å²) in [5.41, 5.74) is 0. The van der Waals surface area contributed by atoms with E-state index in [1.165, 1.54) is 0 Å². The van der Waals surface area contributed by atoms with E-state index in [1.54, 1.807) is 0 Å². The van der Waals surface area contributed by atoms with Crippen molar-refractivity contribution in [3.8, 4) is 0 Å². The molecule has 1 rings (SSSR count). The number of ether oxygens (including phenoxy) is 1. The summed E-state index contributed by atoms with van der Waals surface area (Å²) in [5.74, 6) is -1.97. The first kappa shape index (κ1) is 14.9. The molecule has 1 amide bonds. The van der Waals surface area contributed by atoms with E-state index in [2.05, 4.69) is 10.6 Å².